The first-order valence-electron chi connectivity index (χ1n) is 10.8. The van der Waals surface area contributed by atoms with Gasteiger partial charge in [-0.05, 0) is 38.5 Å². The first-order valence-corrected chi connectivity index (χ1v) is 10.8. The maximum absolute atomic E-state index is 13.0. The van der Waals surface area contributed by atoms with Crippen molar-refractivity contribution < 1.29 is 14.4 Å². The topological polar surface area (TPSA) is 87.5 Å². The predicted octanol–water partition coefficient (Wildman–Crippen LogP) is 1.66. The minimum Gasteiger partial charge on any atom is -0.351 e. The number of hydrogen-bond acceptors (Lipinski definition) is 4. The van der Waals surface area contributed by atoms with E-state index in [1.807, 2.05) is 4.90 Å². The first kappa shape index (κ1) is 19.9. The lowest BCUT2D eigenvalue weighted by Gasteiger charge is -2.41. The number of hydrogen-bond donors (Lipinski definition) is 1. The van der Waals surface area contributed by atoms with Crippen LogP contribution in [0, 0.1) is 5.92 Å². The van der Waals surface area contributed by atoms with Gasteiger partial charge in [-0.25, -0.2) is 0 Å². The normalized spacial score (nSPS) is 26.0. The van der Waals surface area contributed by atoms with Gasteiger partial charge in [-0.3, -0.25) is 19.1 Å². The molecule has 1 unspecified atom stereocenters. The van der Waals surface area contributed by atoms with Gasteiger partial charge < -0.3 is 15.1 Å². The van der Waals surface area contributed by atoms with E-state index in [0.29, 0.717) is 11.6 Å². The van der Waals surface area contributed by atoms with E-state index >= 15 is 0 Å². The van der Waals surface area contributed by atoms with Crippen LogP contribution in [0.1, 0.15) is 73.3 Å². The average Bonchev–Trinajstić information content (AvgIpc) is 3.36. The van der Waals surface area contributed by atoms with Crippen LogP contribution in [0.25, 0.3) is 0 Å². The fourth-order valence-electron chi connectivity index (χ4n) is 4.62. The lowest BCUT2D eigenvalue weighted by Crippen LogP contribution is -2.63. The Morgan fingerprint density at radius 3 is 2.48 bits per heavy atom. The van der Waals surface area contributed by atoms with Crippen LogP contribution in [-0.2, 0) is 11.3 Å². The monoisotopic (exact) mass is 401 g/mol. The second-order valence-corrected chi connectivity index (χ2v) is 9.14. The van der Waals surface area contributed by atoms with Crippen molar-refractivity contribution in [2.75, 3.05) is 20.1 Å². The van der Waals surface area contributed by atoms with Gasteiger partial charge in [-0.15, -0.1) is 0 Å². The number of piperidine rings is 1. The molecule has 0 aromatic carbocycles. The number of fused-ring (bicyclic) bond motifs is 1. The fraction of sp³-hybridized carbons (Fsp3) is 0.714. The van der Waals surface area contributed by atoms with E-state index in [9.17, 15) is 14.4 Å². The molecule has 1 saturated carbocycles. The second-order valence-electron chi connectivity index (χ2n) is 9.14. The number of likely N-dealkylation sites (tertiary alicyclic amines) is 1. The maximum atomic E-state index is 13.0. The van der Waals surface area contributed by atoms with Gasteiger partial charge in [0.1, 0.15) is 11.2 Å². The van der Waals surface area contributed by atoms with Crippen molar-refractivity contribution in [3.8, 4) is 0 Å². The van der Waals surface area contributed by atoms with Crippen molar-refractivity contribution in [3.63, 3.8) is 0 Å². The summed E-state index contributed by atoms with van der Waals surface area (Å²) in [5, 5.41) is 7.54. The molecule has 3 heterocycles. The molecule has 2 fully saturated rings. The molecule has 1 aromatic rings. The summed E-state index contributed by atoms with van der Waals surface area (Å²) in [6.45, 7) is 5.65. The molecule has 3 amide bonds. The summed E-state index contributed by atoms with van der Waals surface area (Å²) in [5.41, 5.74) is -0.372. The highest BCUT2D eigenvalue weighted by Crippen LogP contribution is 2.28. The quantitative estimate of drug-likeness (QED) is 0.834. The van der Waals surface area contributed by atoms with Gasteiger partial charge in [0.15, 0.2) is 5.69 Å². The summed E-state index contributed by atoms with van der Waals surface area (Å²) in [4.78, 5) is 42.2. The van der Waals surface area contributed by atoms with Crippen LogP contribution >= 0.6 is 0 Å². The number of aromatic nitrogens is 2. The number of rotatable bonds is 3. The van der Waals surface area contributed by atoms with Crippen LogP contribution in [0.15, 0.2) is 6.07 Å². The molecular formula is C21H31N5O3. The summed E-state index contributed by atoms with van der Waals surface area (Å²) >= 11 is 0. The molecule has 0 radical (unpaired) electrons. The third-order valence-corrected chi connectivity index (χ3v) is 6.97. The fourth-order valence-corrected chi connectivity index (χ4v) is 4.62. The Kier molecular flexibility index (Phi) is 5.12. The van der Waals surface area contributed by atoms with Crippen LogP contribution in [-0.4, -0.2) is 69.0 Å². The Bertz CT molecular complexity index is 820. The lowest BCUT2D eigenvalue weighted by atomic mass is 9.95. The third-order valence-electron chi connectivity index (χ3n) is 6.97. The molecule has 3 aliphatic rings. The van der Waals surface area contributed by atoms with Crippen molar-refractivity contribution in [1.82, 2.24) is 24.9 Å². The predicted molar refractivity (Wildman–Crippen MR) is 107 cm³/mol. The summed E-state index contributed by atoms with van der Waals surface area (Å²) in [6.07, 6.45) is 6.20. The summed E-state index contributed by atoms with van der Waals surface area (Å²) in [7, 11) is 1.65. The first-order chi connectivity index (χ1) is 13.8. The molecule has 8 nitrogen and oxygen atoms in total. The van der Waals surface area contributed by atoms with Crippen LogP contribution in [0.4, 0.5) is 0 Å². The van der Waals surface area contributed by atoms with Crippen LogP contribution in [0.2, 0.25) is 0 Å². The molecule has 0 spiro atoms. The van der Waals surface area contributed by atoms with Crippen molar-refractivity contribution in [2.24, 2.45) is 5.92 Å². The van der Waals surface area contributed by atoms with Crippen LogP contribution in [0.3, 0.4) is 0 Å². The molecule has 4 rings (SSSR count). The second kappa shape index (κ2) is 7.46. The van der Waals surface area contributed by atoms with Gasteiger partial charge in [0.25, 0.3) is 11.8 Å². The van der Waals surface area contributed by atoms with E-state index in [1.54, 1.807) is 20.0 Å². The Morgan fingerprint density at radius 2 is 1.83 bits per heavy atom. The minimum atomic E-state index is -1.03. The Balaban J connectivity index is 1.54. The van der Waals surface area contributed by atoms with Crippen molar-refractivity contribution in [1.29, 1.82) is 0 Å². The van der Waals surface area contributed by atoms with Crippen molar-refractivity contribution in [2.45, 2.75) is 70.5 Å². The van der Waals surface area contributed by atoms with E-state index in [1.165, 1.54) is 9.58 Å². The number of carbonyl (C=O) groups is 3. The van der Waals surface area contributed by atoms with Gasteiger partial charge in [0, 0.05) is 32.2 Å². The zero-order valence-electron chi connectivity index (χ0n) is 17.6. The minimum absolute atomic E-state index is 0.133. The Labute approximate surface area is 171 Å². The number of nitrogens with one attached hydrogen (secondary N) is 1. The van der Waals surface area contributed by atoms with Gasteiger partial charge >= 0.3 is 0 Å². The van der Waals surface area contributed by atoms with E-state index in [4.69, 9.17) is 0 Å². The molecular weight excluding hydrogens is 370 g/mol. The SMILES string of the molecule is CC1CCN(C(=O)c2cc3n(n2)CC(C)(C(=O)NC2CCCC2)N(C)C3=O)CC1. The zero-order valence-corrected chi connectivity index (χ0v) is 17.6. The van der Waals surface area contributed by atoms with Crippen LogP contribution < -0.4 is 5.32 Å². The third kappa shape index (κ3) is 3.53. The van der Waals surface area contributed by atoms with E-state index in [2.05, 4.69) is 17.3 Å². The van der Waals surface area contributed by atoms with Crippen molar-refractivity contribution in [3.05, 3.63) is 17.5 Å². The van der Waals surface area contributed by atoms with Gasteiger partial charge in [-0.2, -0.15) is 5.10 Å². The number of carbonyl (C=O) groups excluding carboxylic acids is 3. The lowest BCUT2D eigenvalue weighted by molar-refractivity contribution is -0.133. The standard InChI is InChI=1S/C21H31N5O3/c1-14-8-10-25(11-9-14)18(27)16-12-17-19(28)24(3)21(2,13-26(17)23-16)20(29)22-15-6-4-5-7-15/h12,14-15H,4-11,13H2,1-3H3,(H,22,29). The van der Waals surface area contributed by atoms with Gasteiger partial charge in [-0.1, -0.05) is 19.8 Å². The highest BCUT2D eigenvalue weighted by atomic mass is 16.2. The molecule has 2 aliphatic heterocycles. The number of amides is 3. The molecule has 8 heteroatoms. The molecule has 1 atom stereocenters. The molecule has 1 aliphatic carbocycles. The summed E-state index contributed by atoms with van der Waals surface area (Å²) < 4.78 is 1.54. The van der Waals surface area contributed by atoms with Gasteiger partial charge in [0.2, 0.25) is 5.91 Å². The molecule has 0 bridgehead atoms. The van der Waals surface area contributed by atoms with Crippen LogP contribution in [0.5, 0.6) is 0 Å². The number of nitrogens with zero attached hydrogens (tertiary/aromatic N) is 4. The summed E-state index contributed by atoms with van der Waals surface area (Å²) in [6, 6.07) is 1.76. The average molecular weight is 402 g/mol. The Hall–Kier alpha value is -2.38. The molecule has 1 N–H and O–H groups in total. The summed E-state index contributed by atoms with van der Waals surface area (Å²) in [5.74, 6) is 0.0633. The Morgan fingerprint density at radius 1 is 1.17 bits per heavy atom. The maximum Gasteiger partial charge on any atom is 0.274 e. The van der Waals surface area contributed by atoms with Gasteiger partial charge in [0.05, 0.1) is 6.54 Å². The molecule has 1 aromatic heterocycles. The smallest absolute Gasteiger partial charge is 0.274 e. The molecule has 158 valence electrons. The van der Waals surface area contributed by atoms with E-state index < -0.39 is 5.54 Å². The highest BCUT2D eigenvalue weighted by molar-refractivity contribution is 6.01. The van der Waals surface area contributed by atoms with Crippen molar-refractivity contribution >= 4 is 17.7 Å². The zero-order chi connectivity index (χ0) is 20.8. The highest BCUT2D eigenvalue weighted by Gasteiger charge is 2.47. The molecule has 1 saturated heterocycles. The van der Waals surface area contributed by atoms with E-state index in [-0.39, 0.29) is 36.0 Å². The number of likely N-dealkylation sites (N-methyl/N-ethyl adjacent to an activating group) is 1. The van der Waals surface area contributed by atoms with E-state index in [0.717, 1.165) is 51.6 Å². The largest absolute Gasteiger partial charge is 0.351 e. The molecule has 29 heavy (non-hydrogen) atoms.